The van der Waals surface area contributed by atoms with Gasteiger partial charge in [-0.25, -0.2) is 0 Å². The lowest BCUT2D eigenvalue weighted by atomic mass is 10.2. The number of amides is 1. The highest BCUT2D eigenvalue weighted by Gasteiger charge is 2.23. The van der Waals surface area contributed by atoms with Crippen molar-refractivity contribution in [2.24, 2.45) is 0 Å². The first-order chi connectivity index (χ1) is 15.1. The summed E-state index contributed by atoms with van der Waals surface area (Å²) in [6.07, 6.45) is 0. The van der Waals surface area contributed by atoms with Crippen molar-refractivity contribution in [1.82, 2.24) is 29.7 Å². The number of nitrogen functional groups attached to an aromatic ring is 1. The van der Waals surface area contributed by atoms with Gasteiger partial charge in [0.15, 0.2) is 0 Å². The second kappa shape index (κ2) is 9.99. The minimum Gasteiger partial charge on any atom is -0.378 e. The minimum atomic E-state index is 0.189. The number of anilines is 3. The highest BCUT2D eigenvalue weighted by molar-refractivity contribution is 5.78. The SMILES string of the molecule is Cc1ccccc1Nc1nc(N)nc(CN2CCN(CC(=O)N3CCOCC3)CC2)n1. The molecule has 0 spiro atoms. The Labute approximate surface area is 182 Å². The van der Waals surface area contributed by atoms with Gasteiger partial charge in [-0.3, -0.25) is 14.6 Å². The van der Waals surface area contributed by atoms with Crippen LogP contribution in [-0.4, -0.2) is 94.6 Å². The molecule has 1 aromatic heterocycles. The summed E-state index contributed by atoms with van der Waals surface area (Å²) in [6.45, 7) is 9.12. The molecule has 4 rings (SSSR count). The van der Waals surface area contributed by atoms with Crippen molar-refractivity contribution in [3.05, 3.63) is 35.7 Å². The second-order valence-electron chi connectivity index (χ2n) is 7.92. The van der Waals surface area contributed by atoms with E-state index >= 15 is 0 Å². The highest BCUT2D eigenvalue weighted by atomic mass is 16.5. The van der Waals surface area contributed by atoms with E-state index in [0.29, 0.717) is 51.2 Å². The van der Waals surface area contributed by atoms with Gasteiger partial charge in [0.25, 0.3) is 0 Å². The molecule has 3 N–H and O–H groups in total. The monoisotopic (exact) mass is 426 g/mol. The normalized spacial score (nSPS) is 18.2. The molecule has 2 aliphatic rings. The van der Waals surface area contributed by atoms with Crippen molar-refractivity contribution in [2.45, 2.75) is 13.5 Å². The van der Waals surface area contributed by atoms with Gasteiger partial charge in [0, 0.05) is 45.0 Å². The molecular formula is C21H30N8O2. The molecule has 1 aromatic carbocycles. The number of aromatic nitrogens is 3. The molecule has 31 heavy (non-hydrogen) atoms. The summed E-state index contributed by atoms with van der Waals surface area (Å²) in [5.74, 6) is 1.48. The van der Waals surface area contributed by atoms with Crippen LogP contribution in [0.2, 0.25) is 0 Å². The number of nitrogens with two attached hydrogens (primary N) is 1. The average molecular weight is 427 g/mol. The summed E-state index contributed by atoms with van der Waals surface area (Å²) >= 11 is 0. The Balaban J connectivity index is 1.29. The van der Waals surface area contributed by atoms with Crippen LogP contribution in [0.1, 0.15) is 11.4 Å². The van der Waals surface area contributed by atoms with Gasteiger partial charge in [-0.1, -0.05) is 18.2 Å². The highest BCUT2D eigenvalue weighted by Crippen LogP contribution is 2.18. The predicted octanol–water partition coefficient (Wildman–Crippen LogP) is 0.482. The zero-order valence-electron chi connectivity index (χ0n) is 18.0. The summed E-state index contributed by atoms with van der Waals surface area (Å²) in [5, 5.41) is 3.23. The fourth-order valence-electron chi connectivity index (χ4n) is 3.81. The molecule has 0 saturated carbocycles. The topological polar surface area (TPSA) is 113 Å². The van der Waals surface area contributed by atoms with E-state index < -0.39 is 0 Å². The van der Waals surface area contributed by atoms with Crippen LogP contribution in [0, 0.1) is 6.92 Å². The lowest BCUT2D eigenvalue weighted by Crippen LogP contribution is -2.51. The van der Waals surface area contributed by atoms with Crippen molar-refractivity contribution < 1.29 is 9.53 Å². The number of hydrogen-bond acceptors (Lipinski definition) is 9. The van der Waals surface area contributed by atoms with Crippen LogP contribution in [0.5, 0.6) is 0 Å². The number of rotatable bonds is 6. The van der Waals surface area contributed by atoms with Gasteiger partial charge in [0.1, 0.15) is 5.82 Å². The number of ether oxygens (including phenoxy) is 1. The molecule has 0 unspecified atom stereocenters. The molecule has 0 radical (unpaired) electrons. The van der Waals surface area contributed by atoms with E-state index in [-0.39, 0.29) is 11.9 Å². The summed E-state index contributed by atoms with van der Waals surface area (Å²) in [6, 6.07) is 7.95. The van der Waals surface area contributed by atoms with Crippen molar-refractivity contribution in [3.63, 3.8) is 0 Å². The Hall–Kier alpha value is -2.82. The number of aryl methyl sites for hydroxylation is 1. The van der Waals surface area contributed by atoms with Gasteiger partial charge in [-0.05, 0) is 18.6 Å². The molecule has 10 heteroatoms. The van der Waals surface area contributed by atoms with Crippen molar-refractivity contribution in [3.8, 4) is 0 Å². The summed E-state index contributed by atoms with van der Waals surface area (Å²) in [4.78, 5) is 31.9. The molecular weight excluding hydrogens is 396 g/mol. The van der Waals surface area contributed by atoms with Gasteiger partial charge >= 0.3 is 0 Å². The molecule has 2 aromatic rings. The first-order valence-electron chi connectivity index (χ1n) is 10.7. The van der Waals surface area contributed by atoms with E-state index in [1.54, 1.807) is 0 Å². The summed E-state index contributed by atoms with van der Waals surface area (Å²) < 4.78 is 5.32. The van der Waals surface area contributed by atoms with Gasteiger partial charge < -0.3 is 20.7 Å². The number of nitrogens with one attached hydrogen (secondary N) is 1. The Morgan fingerprint density at radius 2 is 1.74 bits per heavy atom. The molecule has 2 aliphatic heterocycles. The Morgan fingerprint density at radius 3 is 2.48 bits per heavy atom. The molecule has 166 valence electrons. The predicted molar refractivity (Wildman–Crippen MR) is 118 cm³/mol. The number of carbonyl (C=O) groups excluding carboxylic acids is 1. The molecule has 2 fully saturated rings. The minimum absolute atomic E-state index is 0.189. The van der Waals surface area contributed by atoms with Crippen molar-refractivity contribution >= 4 is 23.5 Å². The third kappa shape index (κ3) is 5.87. The number of morpholine rings is 1. The maximum absolute atomic E-state index is 12.5. The molecule has 1 amide bonds. The average Bonchev–Trinajstić information content (AvgIpc) is 2.77. The van der Waals surface area contributed by atoms with Crippen LogP contribution in [0.25, 0.3) is 0 Å². The smallest absolute Gasteiger partial charge is 0.236 e. The standard InChI is InChI=1S/C21H30N8O2/c1-16-4-2-3-5-17(16)23-21-25-18(24-20(22)26-21)14-27-6-8-28(9-7-27)15-19(30)29-10-12-31-13-11-29/h2-5H,6-15H2,1H3,(H3,22,23,24,25,26). The van der Waals surface area contributed by atoms with E-state index in [4.69, 9.17) is 10.5 Å². The maximum atomic E-state index is 12.5. The third-order valence-electron chi connectivity index (χ3n) is 5.64. The van der Waals surface area contributed by atoms with Crippen LogP contribution in [0.3, 0.4) is 0 Å². The van der Waals surface area contributed by atoms with Gasteiger partial charge in [0.05, 0.1) is 26.3 Å². The van der Waals surface area contributed by atoms with Crippen molar-refractivity contribution in [2.75, 3.05) is 70.1 Å². The quantitative estimate of drug-likeness (QED) is 0.681. The zero-order chi connectivity index (χ0) is 21.6. The van der Waals surface area contributed by atoms with Crippen LogP contribution in [0.15, 0.2) is 24.3 Å². The van der Waals surface area contributed by atoms with E-state index in [2.05, 4.69) is 30.1 Å². The molecule has 3 heterocycles. The third-order valence-corrected chi connectivity index (χ3v) is 5.64. The fraction of sp³-hybridized carbons (Fsp3) is 0.524. The van der Waals surface area contributed by atoms with Crippen LogP contribution >= 0.6 is 0 Å². The number of benzene rings is 1. The van der Waals surface area contributed by atoms with Crippen molar-refractivity contribution in [1.29, 1.82) is 0 Å². The molecule has 0 atom stereocenters. The number of nitrogens with zero attached hydrogens (tertiary/aromatic N) is 6. The fourth-order valence-corrected chi connectivity index (χ4v) is 3.81. The Kier molecular flexibility index (Phi) is 6.90. The van der Waals surface area contributed by atoms with E-state index in [9.17, 15) is 4.79 Å². The van der Waals surface area contributed by atoms with Gasteiger partial charge in [-0.15, -0.1) is 0 Å². The first kappa shape index (κ1) is 21.4. The molecule has 2 saturated heterocycles. The summed E-state index contributed by atoms with van der Waals surface area (Å²) in [5.41, 5.74) is 7.97. The van der Waals surface area contributed by atoms with E-state index in [1.165, 1.54) is 0 Å². The lowest BCUT2D eigenvalue weighted by molar-refractivity contribution is -0.136. The van der Waals surface area contributed by atoms with Gasteiger partial charge in [0.2, 0.25) is 17.8 Å². The van der Waals surface area contributed by atoms with Crippen LogP contribution < -0.4 is 11.1 Å². The zero-order valence-corrected chi connectivity index (χ0v) is 18.0. The van der Waals surface area contributed by atoms with Gasteiger partial charge in [-0.2, -0.15) is 15.0 Å². The molecule has 10 nitrogen and oxygen atoms in total. The maximum Gasteiger partial charge on any atom is 0.236 e. The Bertz CT molecular complexity index is 895. The number of para-hydroxylation sites is 1. The lowest BCUT2D eigenvalue weighted by Gasteiger charge is -2.35. The number of hydrogen-bond donors (Lipinski definition) is 2. The molecule has 0 bridgehead atoms. The van der Waals surface area contributed by atoms with Crippen LogP contribution in [-0.2, 0) is 16.1 Å². The van der Waals surface area contributed by atoms with E-state index in [0.717, 1.165) is 37.4 Å². The summed E-state index contributed by atoms with van der Waals surface area (Å²) in [7, 11) is 0. The van der Waals surface area contributed by atoms with E-state index in [1.807, 2.05) is 36.1 Å². The number of carbonyl (C=O) groups is 1. The Morgan fingerprint density at radius 1 is 1.03 bits per heavy atom. The van der Waals surface area contributed by atoms with Crippen LogP contribution in [0.4, 0.5) is 17.6 Å². The first-order valence-corrected chi connectivity index (χ1v) is 10.7. The largest absolute Gasteiger partial charge is 0.378 e. The number of piperazine rings is 1. The second-order valence-corrected chi connectivity index (χ2v) is 7.92. The molecule has 0 aliphatic carbocycles.